The maximum Gasteiger partial charge on any atom is 0.259 e. The molecule has 30 heavy (non-hydrogen) atoms. The Balaban J connectivity index is 1.71. The number of rotatable bonds is 5. The second-order valence-electron chi connectivity index (χ2n) is 9.02. The maximum absolute atomic E-state index is 13.8. The number of benzene rings is 1. The number of amides is 1. The Morgan fingerprint density at radius 2 is 1.73 bits per heavy atom. The van der Waals surface area contributed by atoms with Gasteiger partial charge in [0.15, 0.2) is 9.92 Å². The topological polar surface area (TPSA) is 70.0 Å². The van der Waals surface area contributed by atoms with Gasteiger partial charge in [0.1, 0.15) is 4.21 Å². The van der Waals surface area contributed by atoms with E-state index in [9.17, 15) is 14.1 Å². The molecule has 1 amide bonds. The van der Waals surface area contributed by atoms with Crippen molar-refractivity contribution in [1.82, 2.24) is 4.31 Å². The van der Waals surface area contributed by atoms with Gasteiger partial charge >= 0.3 is 0 Å². The molecular formula is C23H30N2O3S2. The first-order chi connectivity index (χ1) is 14.1. The van der Waals surface area contributed by atoms with E-state index >= 15 is 0 Å². The third-order valence-electron chi connectivity index (χ3n) is 6.19. The molecular weight excluding hydrogens is 416 g/mol. The second kappa shape index (κ2) is 7.86. The fourth-order valence-corrected chi connectivity index (χ4v) is 7.79. The van der Waals surface area contributed by atoms with Crippen LogP contribution in [0, 0.1) is 0 Å². The van der Waals surface area contributed by atoms with E-state index < -0.39 is 15.5 Å². The Morgan fingerprint density at radius 3 is 2.23 bits per heavy atom. The zero-order valence-corrected chi connectivity index (χ0v) is 19.8. The largest absolute Gasteiger partial charge is 0.386 e. The molecule has 0 saturated carbocycles. The van der Waals surface area contributed by atoms with Crippen molar-refractivity contribution in [2.24, 2.45) is 4.36 Å². The molecule has 0 bridgehead atoms. The molecule has 1 atom stereocenters. The summed E-state index contributed by atoms with van der Waals surface area (Å²) in [7, 11) is 0.307. The minimum atomic E-state index is -3.06. The van der Waals surface area contributed by atoms with Gasteiger partial charge in [0.05, 0.1) is 12.0 Å². The molecule has 0 spiro atoms. The van der Waals surface area contributed by atoms with Crippen LogP contribution in [-0.4, -0.2) is 33.6 Å². The first kappa shape index (κ1) is 21.7. The van der Waals surface area contributed by atoms with E-state index in [1.807, 2.05) is 0 Å². The highest BCUT2D eigenvalue weighted by Gasteiger charge is 2.27. The van der Waals surface area contributed by atoms with Crippen LogP contribution in [0.2, 0.25) is 0 Å². The van der Waals surface area contributed by atoms with Crippen molar-refractivity contribution < 1.29 is 14.1 Å². The summed E-state index contributed by atoms with van der Waals surface area (Å²) in [6.07, 6.45) is 6.72. The zero-order valence-electron chi connectivity index (χ0n) is 18.2. The van der Waals surface area contributed by atoms with E-state index in [0.29, 0.717) is 9.77 Å². The van der Waals surface area contributed by atoms with Crippen molar-refractivity contribution in [3.63, 3.8) is 0 Å². The molecule has 0 aliphatic heterocycles. The Bertz CT molecular complexity index is 1080. The third-order valence-corrected chi connectivity index (χ3v) is 9.94. The van der Waals surface area contributed by atoms with Gasteiger partial charge in [-0.05, 0) is 97.2 Å². The minimum absolute atomic E-state index is 0.222. The molecule has 1 aromatic carbocycles. The van der Waals surface area contributed by atoms with Crippen molar-refractivity contribution in [2.75, 3.05) is 14.1 Å². The summed E-state index contributed by atoms with van der Waals surface area (Å²) in [4.78, 5) is 13.1. The van der Waals surface area contributed by atoms with Crippen LogP contribution in [0.1, 0.15) is 60.1 Å². The molecule has 5 nitrogen and oxygen atoms in total. The summed E-state index contributed by atoms with van der Waals surface area (Å²) in [6.45, 7) is 3.38. The Hall–Kier alpha value is -1.54. The van der Waals surface area contributed by atoms with Crippen LogP contribution in [-0.2, 0) is 52.4 Å². The van der Waals surface area contributed by atoms with Gasteiger partial charge < -0.3 is 5.11 Å². The molecule has 7 heteroatoms. The van der Waals surface area contributed by atoms with Crippen LogP contribution < -0.4 is 0 Å². The van der Waals surface area contributed by atoms with E-state index in [-0.39, 0.29) is 12.3 Å². The highest BCUT2D eigenvalue weighted by molar-refractivity contribution is 7.93. The number of hydrogen-bond donors (Lipinski definition) is 1. The molecule has 2 aliphatic rings. The third kappa shape index (κ3) is 3.88. The van der Waals surface area contributed by atoms with E-state index in [1.165, 1.54) is 37.9 Å². The average Bonchev–Trinajstić information content (AvgIpc) is 3.40. The summed E-state index contributed by atoms with van der Waals surface area (Å²) < 4.78 is 20.0. The smallest absolute Gasteiger partial charge is 0.259 e. The van der Waals surface area contributed by atoms with Gasteiger partial charge in [-0.15, -0.1) is 15.7 Å². The lowest BCUT2D eigenvalue weighted by atomic mass is 9.92. The maximum atomic E-state index is 13.8. The number of hydrogen-bond acceptors (Lipinski definition) is 4. The molecule has 2 aromatic rings. The van der Waals surface area contributed by atoms with E-state index in [0.717, 1.165) is 44.1 Å². The Kier molecular flexibility index (Phi) is 5.68. The van der Waals surface area contributed by atoms with Gasteiger partial charge in [0, 0.05) is 14.1 Å². The Labute approximate surface area is 183 Å². The molecule has 1 heterocycles. The highest BCUT2D eigenvalue weighted by atomic mass is 32.2. The van der Waals surface area contributed by atoms with Crippen LogP contribution in [0.3, 0.4) is 0 Å². The van der Waals surface area contributed by atoms with Gasteiger partial charge in [0.25, 0.3) is 5.91 Å². The summed E-state index contributed by atoms with van der Waals surface area (Å²) >= 11 is 1.28. The average molecular weight is 447 g/mol. The van der Waals surface area contributed by atoms with Crippen LogP contribution in [0.5, 0.6) is 0 Å². The summed E-state index contributed by atoms with van der Waals surface area (Å²) in [5.41, 5.74) is 6.23. The number of nitrogens with zero attached hydrogens (tertiary/aromatic N) is 2. The number of carbonyl (C=O) groups is 1. The van der Waals surface area contributed by atoms with Crippen LogP contribution in [0.15, 0.2) is 26.1 Å². The highest BCUT2D eigenvalue weighted by Crippen LogP contribution is 2.36. The lowest BCUT2D eigenvalue weighted by Crippen LogP contribution is -2.23. The first-order valence-corrected chi connectivity index (χ1v) is 12.9. The van der Waals surface area contributed by atoms with Gasteiger partial charge in [0.2, 0.25) is 0 Å². The molecule has 162 valence electrons. The number of fused-ring (bicyclic) bond motifs is 2. The quantitative estimate of drug-likeness (QED) is 0.754. The van der Waals surface area contributed by atoms with E-state index in [2.05, 4.69) is 10.4 Å². The summed E-state index contributed by atoms with van der Waals surface area (Å²) in [6, 6.07) is 4.06. The Morgan fingerprint density at radius 1 is 1.13 bits per heavy atom. The molecule has 0 saturated heterocycles. The number of carbonyl (C=O) groups excluding carboxylic acids is 1. The lowest BCUT2D eigenvalue weighted by molar-refractivity contribution is -0.117. The monoisotopic (exact) mass is 446 g/mol. The molecule has 2 aliphatic carbocycles. The fraction of sp³-hybridized carbons (Fsp3) is 0.522. The molecule has 0 radical (unpaired) electrons. The van der Waals surface area contributed by atoms with Crippen LogP contribution in [0.4, 0.5) is 0 Å². The van der Waals surface area contributed by atoms with Crippen molar-refractivity contribution in [3.8, 4) is 0 Å². The lowest BCUT2D eigenvalue weighted by Gasteiger charge is -2.17. The van der Waals surface area contributed by atoms with Gasteiger partial charge in [-0.1, -0.05) is 6.07 Å². The predicted octanol–water partition coefficient (Wildman–Crippen LogP) is 4.03. The molecule has 1 aromatic heterocycles. The van der Waals surface area contributed by atoms with Crippen molar-refractivity contribution in [3.05, 3.63) is 50.9 Å². The van der Waals surface area contributed by atoms with E-state index in [1.54, 1.807) is 39.4 Å². The van der Waals surface area contributed by atoms with Crippen LogP contribution >= 0.6 is 11.3 Å². The summed E-state index contributed by atoms with van der Waals surface area (Å²) in [5, 5.41) is 12.1. The first-order valence-electron chi connectivity index (χ1n) is 10.5. The normalized spacial score (nSPS) is 17.7. The molecule has 0 fully saturated rings. The standard InChI is InChI=1S/C23H30N2O3S2/c1-23(2,27)17-12-22(29-14-17)30(28,25(3)4)24-21(26)13-20-18-9-5-7-15(18)11-16-8-6-10-19(16)20/h11-12,14,27H,5-10,13H2,1-4H3. The van der Waals surface area contributed by atoms with Crippen molar-refractivity contribution >= 4 is 27.2 Å². The molecule has 1 N–H and O–H groups in total. The predicted molar refractivity (Wildman–Crippen MR) is 121 cm³/mol. The zero-order chi connectivity index (χ0) is 21.7. The van der Waals surface area contributed by atoms with Gasteiger partial charge in [-0.25, -0.2) is 8.51 Å². The second-order valence-corrected chi connectivity index (χ2v) is 12.5. The number of aryl methyl sites for hydroxylation is 2. The van der Waals surface area contributed by atoms with E-state index in [4.69, 9.17) is 0 Å². The van der Waals surface area contributed by atoms with Gasteiger partial charge in [-0.3, -0.25) is 4.79 Å². The van der Waals surface area contributed by atoms with Crippen LogP contribution in [0.25, 0.3) is 0 Å². The van der Waals surface area contributed by atoms with Crippen molar-refractivity contribution in [2.45, 2.75) is 68.6 Å². The molecule has 4 rings (SSSR count). The number of aliphatic hydroxyl groups is 1. The minimum Gasteiger partial charge on any atom is -0.386 e. The summed E-state index contributed by atoms with van der Waals surface area (Å²) in [5.74, 6) is -0.332. The number of thiophene rings is 1. The van der Waals surface area contributed by atoms with Crippen molar-refractivity contribution in [1.29, 1.82) is 0 Å². The SMILES string of the molecule is CN(C)S(=O)(=NC(=O)Cc1c2c(cc3c1CCC3)CCC2)c1cc(C(C)(C)O)cs1. The van der Waals surface area contributed by atoms with Gasteiger partial charge in [-0.2, -0.15) is 0 Å². The fourth-order valence-electron chi connectivity index (χ4n) is 4.55. The molecule has 1 unspecified atom stereocenters.